The Kier molecular flexibility index (Phi) is 3.08. The van der Waals surface area contributed by atoms with E-state index in [1.54, 1.807) is 7.11 Å². The van der Waals surface area contributed by atoms with Crippen LogP contribution in [-0.4, -0.2) is 20.2 Å². The van der Waals surface area contributed by atoms with Crippen molar-refractivity contribution >= 4 is 5.69 Å². The van der Waals surface area contributed by atoms with Crippen LogP contribution in [0.4, 0.5) is 14.5 Å². The molecule has 0 radical (unpaired) electrons. The summed E-state index contributed by atoms with van der Waals surface area (Å²) in [7, 11) is 1.62. The van der Waals surface area contributed by atoms with Gasteiger partial charge in [-0.05, 0) is 18.2 Å². The van der Waals surface area contributed by atoms with Gasteiger partial charge >= 0.3 is 0 Å². The zero-order valence-corrected chi connectivity index (χ0v) is 9.04. The second-order valence-corrected chi connectivity index (χ2v) is 3.67. The third kappa shape index (κ3) is 2.15. The molecule has 0 aliphatic carbocycles. The van der Waals surface area contributed by atoms with Crippen LogP contribution in [0.15, 0.2) is 30.0 Å². The van der Waals surface area contributed by atoms with Gasteiger partial charge in [-0.2, -0.15) is 0 Å². The molecule has 0 saturated heterocycles. The van der Waals surface area contributed by atoms with Crippen molar-refractivity contribution in [1.82, 2.24) is 0 Å². The number of methoxy groups -OCH3 is 1. The van der Waals surface area contributed by atoms with Crippen molar-refractivity contribution in [3.8, 4) is 0 Å². The van der Waals surface area contributed by atoms with Crippen LogP contribution in [0.3, 0.4) is 0 Å². The van der Waals surface area contributed by atoms with E-state index >= 15 is 0 Å². The number of halogens is 2. The van der Waals surface area contributed by atoms with Gasteiger partial charge in [0.1, 0.15) is 11.6 Å². The Morgan fingerprint density at radius 3 is 2.69 bits per heavy atom. The fourth-order valence-corrected chi connectivity index (χ4v) is 1.79. The molecule has 0 aromatic heterocycles. The molecule has 2 nitrogen and oxygen atoms in total. The molecule has 16 heavy (non-hydrogen) atoms. The van der Waals surface area contributed by atoms with Gasteiger partial charge in [0.15, 0.2) is 0 Å². The molecular weight excluding hydrogens is 212 g/mol. The largest absolute Gasteiger partial charge is 0.501 e. The SMILES string of the molecule is COC1=CCN(c2ccc(F)cc2F)CC1. The fourth-order valence-electron chi connectivity index (χ4n) is 1.79. The maximum absolute atomic E-state index is 13.5. The summed E-state index contributed by atoms with van der Waals surface area (Å²) in [5.74, 6) is -0.153. The van der Waals surface area contributed by atoms with Gasteiger partial charge in [-0.15, -0.1) is 0 Å². The maximum Gasteiger partial charge on any atom is 0.149 e. The molecule has 0 N–H and O–H groups in total. The van der Waals surface area contributed by atoms with Crippen LogP contribution >= 0.6 is 0 Å². The van der Waals surface area contributed by atoms with Crippen LogP contribution in [-0.2, 0) is 4.74 Å². The third-order valence-electron chi connectivity index (χ3n) is 2.68. The minimum absolute atomic E-state index is 0.438. The second-order valence-electron chi connectivity index (χ2n) is 3.67. The predicted molar refractivity (Wildman–Crippen MR) is 58.3 cm³/mol. The summed E-state index contributed by atoms with van der Waals surface area (Å²) in [5.41, 5.74) is 0.438. The summed E-state index contributed by atoms with van der Waals surface area (Å²) in [6, 6.07) is 3.65. The van der Waals surface area contributed by atoms with Crippen molar-refractivity contribution in [3.05, 3.63) is 41.7 Å². The third-order valence-corrected chi connectivity index (χ3v) is 2.68. The summed E-state index contributed by atoms with van der Waals surface area (Å²) in [4.78, 5) is 1.86. The highest BCUT2D eigenvalue weighted by atomic mass is 19.1. The Morgan fingerprint density at radius 2 is 2.12 bits per heavy atom. The Morgan fingerprint density at radius 1 is 1.31 bits per heavy atom. The molecule has 0 bridgehead atoms. The van der Waals surface area contributed by atoms with Crippen molar-refractivity contribution in [3.63, 3.8) is 0 Å². The highest BCUT2D eigenvalue weighted by Gasteiger charge is 2.15. The molecule has 2 rings (SSSR count). The Hall–Kier alpha value is -1.58. The van der Waals surface area contributed by atoms with Crippen LogP contribution in [0.5, 0.6) is 0 Å². The van der Waals surface area contributed by atoms with Crippen molar-refractivity contribution in [2.45, 2.75) is 6.42 Å². The lowest BCUT2D eigenvalue weighted by Gasteiger charge is -2.28. The average molecular weight is 225 g/mol. The standard InChI is InChI=1S/C12H13F2NO/c1-16-10-4-6-15(7-5-10)12-3-2-9(13)8-11(12)14/h2-4,8H,5-7H2,1H3. The van der Waals surface area contributed by atoms with E-state index < -0.39 is 11.6 Å². The van der Waals surface area contributed by atoms with E-state index in [0.717, 1.165) is 18.2 Å². The summed E-state index contributed by atoms with van der Waals surface area (Å²) < 4.78 is 31.3. The molecule has 1 aromatic rings. The van der Waals surface area contributed by atoms with Gasteiger partial charge in [0.05, 0.1) is 18.6 Å². The van der Waals surface area contributed by atoms with E-state index in [9.17, 15) is 8.78 Å². The first-order chi connectivity index (χ1) is 7.70. The van der Waals surface area contributed by atoms with E-state index in [1.807, 2.05) is 11.0 Å². The molecule has 86 valence electrons. The minimum Gasteiger partial charge on any atom is -0.501 e. The van der Waals surface area contributed by atoms with E-state index in [4.69, 9.17) is 4.74 Å². The van der Waals surface area contributed by atoms with Crippen molar-refractivity contribution < 1.29 is 13.5 Å². The molecule has 1 heterocycles. The molecule has 0 unspecified atom stereocenters. The first-order valence-corrected chi connectivity index (χ1v) is 5.13. The van der Waals surface area contributed by atoms with Crippen LogP contribution in [0.2, 0.25) is 0 Å². The first-order valence-electron chi connectivity index (χ1n) is 5.13. The van der Waals surface area contributed by atoms with Gasteiger partial charge in [0.2, 0.25) is 0 Å². The minimum atomic E-state index is -0.550. The molecule has 0 saturated carbocycles. The van der Waals surface area contributed by atoms with Gasteiger partial charge in [-0.25, -0.2) is 8.78 Å². The lowest BCUT2D eigenvalue weighted by Crippen LogP contribution is -2.29. The van der Waals surface area contributed by atoms with Crippen molar-refractivity contribution in [1.29, 1.82) is 0 Å². The molecule has 4 heteroatoms. The quantitative estimate of drug-likeness (QED) is 0.767. The van der Waals surface area contributed by atoms with E-state index in [2.05, 4.69) is 0 Å². The number of ether oxygens (including phenoxy) is 1. The Balaban J connectivity index is 2.17. The van der Waals surface area contributed by atoms with Gasteiger partial charge < -0.3 is 9.64 Å². The molecule has 0 spiro atoms. The van der Waals surface area contributed by atoms with Gasteiger partial charge in [0, 0.05) is 25.6 Å². The molecule has 0 fully saturated rings. The Labute approximate surface area is 93.1 Å². The van der Waals surface area contributed by atoms with Crippen LogP contribution in [0.25, 0.3) is 0 Å². The highest BCUT2D eigenvalue weighted by molar-refractivity contribution is 5.49. The van der Waals surface area contributed by atoms with Gasteiger partial charge in [-0.3, -0.25) is 0 Å². The maximum atomic E-state index is 13.5. The number of hydrogen-bond donors (Lipinski definition) is 0. The first kappa shape index (κ1) is 10.9. The van der Waals surface area contributed by atoms with Gasteiger partial charge in [-0.1, -0.05) is 0 Å². The number of hydrogen-bond acceptors (Lipinski definition) is 2. The molecule has 0 amide bonds. The van der Waals surface area contributed by atoms with E-state index in [1.165, 1.54) is 12.1 Å². The lowest BCUT2D eigenvalue weighted by atomic mass is 10.2. The van der Waals surface area contributed by atoms with Crippen LogP contribution in [0, 0.1) is 11.6 Å². The molecule has 1 aliphatic rings. The summed E-state index contributed by atoms with van der Waals surface area (Å²) in [5, 5.41) is 0. The molecular formula is C12H13F2NO. The van der Waals surface area contributed by atoms with Crippen molar-refractivity contribution in [2.24, 2.45) is 0 Å². The van der Waals surface area contributed by atoms with E-state index in [0.29, 0.717) is 18.8 Å². The number of anilines is 1. The zero-order valence-electron chi connectivity index (χ0n) is 9.04. The normalized spacial score (nSPS) is 15.9. The van der Waals surface area contributed by atoms with Crippen LogP contribution in [0.1, 0.15) is 6.42 Å². The Bertz CT molecular complexity index is 417. The smallest absolute Gasteiger partial charge is 0.149 e. The second kappa shape index (κ2) is 4.51. The predicted octanol–water partition coefficient (Wildman–Crippen LogP) is 2.71. The number of benzene rings is 1. The van der Waals surface area contributed by atoms with Gasteiger partial charge in [0.25, 0.3) is 0 Å². The zero-order chi connectivity index (χ0) is 11.5. The monoisotopic (exact) mass is 225 g/mol. The summed E-state index contributed by atoms with van der Waals surface area (Å²) in [6.45, 7) is 1.27. The molecule has 1 aliphatic heterocycles. The molecule has 1 aromatic carbocycles. The average Bonchev–Trinajstić information content (AvgIpc) is 2.29. The summed E-state index contributed by atoms with van der Waals surface area (Å²) >= 11 is 0. The summed E-state index contributed by atoms with van der Waals surface area (Å²) in [6.07, 6.45) is 2.65. The number of rotatable bonds is 2. The molecule has 0 atom stereocenters. The van der Waals surface area contributed by atoms with Crippen LogP contribution < -0.4 is 4.90 Å². The highest BCUT2D eigenvalue weighted by Crippen LogP contribution is 2.23. The number of nitrogens with zero attached hydrogens (tertiary/aromatic N) is 1. The van der Waals surface area contributed by atoms with E-state index in [-0.39, 0.29) is 0 Å². The topological polar surface area (TPSA) is 12.5 Å². The lowest BCUT2D eigenvalue weighted by molar-refractivity contribution is 0.272. The van der Waals surface area contributed by atoms with Crippen molar-refractivity contribution in [2.75, 3.05) is 25.1 Å². The fraction of sp³-hybridized carbons (Fsp3) is 0.333.